The van der Waals surface area contributed by atoms with Crippen molar-refractivity contribution in [2.45, 2.75) is 40.5 Å². The maximum Gasteiger partial charge on any atom is 0.256 e. The van der Waals surface area contributed by atoms with Crippen molar-refractivity contribution in [1.82, 2.24) is 9.80 Å². The molecular formula is C27H37N3O3. The molecule has 0 bridgehead atoms. The first-order valence-electron chi connectivity index (χ1n) is 11.8. The van der Waals surface area contributed by atoms with E-state index >= 15 is 0 Å². The van der Waals surface area contributed by atoms with E-state index in [-0.39, 0.29) is 11.8 Å². The van der Waals surface area contributed by atoms with Crippen LogP contribution >= 0.6 is 0 Å². The number of likely N-dealkylation sites (N-methyl/N-ethyl adjacent to an activating group) is 1. The first kappa shape index (κ1) is 24.8. The summed E-state index contributed by atoms with van der Waals surface area (Å²) in [5.74, 6) is 0.778. The van der Waals surface area contributed by atoms with Gasteiger partial charge in [-0.15, -0.1) is 0 Å². The lowest BCUT2D eigenvalue weighted by Gasteiger charge is -2.33. The summed E-state index contributed by atoms with van der Waals surface area (Å²) in [6, 6.07) is 13.5. The van der Waals surface area contributed by atoms with Crippen LogP contribution in [0, 0.1) is 19.3 Å². The highest BCUT2D eigenvalue weighted by molar-refractivity contribution is 6.04. The largest absolute Gasteiger partial charge is 0.493 e. The molecule has 1 aliphatic rings. The second-order valence-electron chi connectivity index (χ2n) is 9.70. The zero-order chi connectivity index (χ0) is 24.0. The predicted molar refractivity (Wildman–Crippen MR) is 133 cm³/mol. The van der Waals surface area contributed by atoms with Gasteiger partial charge in [-0.2, -0.15) is 0 Å². The number of hydrogen-bond acceptors (Lipinski definition) is 4. The van der Waals surface area contributed by atoms with Gasteiger partial charge < -0.3 is 19.9 Å². The van der Waals surface area contributed by atoms with Gasteiger partial charge in [0.1, 0.15) is 5.75 Å². The van der Waals surface area contributed by atoms with Gasteiger partial charge in [0, 0.05) is 31.6 Å². The van der Waals surface area contributed by atoms with Gasteiger partial charge in [0.15, 0.2) is 0 Å². The molecule has 0 atom stereocenters. The van der Waals surface area contributed by atoms with Crippen molar-refractivity contribution >= 4 is 17.5 Å². The molecule has 0 aromatic heterocycles. The Kier molecular flexibility index (Phi) is 8.14. The van der Waals surface area contributed by atoms with Crippen LogP contribution in [0.2, 0.25) is 0 Å². The summed E-state index contributed by atoms with van der Waals surface area (Å²) in [6.07, 6.45) is 1.44. The van der Waals surface area contributed by atoms with Crippen LogP contribution in [0.15, 0.2) is 42.5 Å². The van der Waals surface area contributed by atoms with Crippen molar-refractivity contribution in [3.63, 3.8) is 0 Å². The number of rotatable bonds is 8. The quantitative estimate of drug-likeness (QED) is 0.600. The van der Waals surface area contributed by atoms with Gasteiger partial charge in [-0.3, -0.25) is 9.59 Å². The molecule has 2 aromatic rings. The average Bonchev–Trinajstić information content (AvgIpc) is 2.79. The minimum atomic E-state index is -0.588. The van der Waals surface area contributed by atoms with Crippen molar-refractivity contribution < 1.29 is 14.3 Å². The van der Waals surface area contributed by atoms with Gasteiger partial charge in [-0.25, -0.2) is 0 Å². The first-order chi connectivity index (χ1) is 15.7. The summed E-state index contributed by atoms with van der Waals surface area (Å²) >= 11 is 0. The normalized spacial score (nSPS) is 14.8. The van der Waals surface area contributed by atoms with E-state index < -0.39 is 5.41 Å². The SMILES string of the molecule is Cc1ccc(C)c(OCCCC(C)(C)C(=O)Nc2ccccc2C(=O)N2CCN(C)CC2)c1. The topological polar surface area (TPSA) is 61.9 Å². The van der Waals surface area contributed by atoms with Crippen LogP contribution in [0.4, 0.5) is 5.69 Å². The third kappa shape index (κ3) is 6.57. The van der Waals surface area contributed by atoms with E-state index in [1.54, 1.807) is 12.1 Å². The number of piperazine rings is 1. The van der Waals surface area contributed by atoms with Crippen molar-refractivity contribution in [3.05, 3.63) is 59.2 Å². The molecule has 0 spiro atoms. The fraction of sp³-hybridized carbons (Fsp3) is 0.481. The number of benzene rings is 2. The Morgan fingerprint density at radius 3 is 2.45 bits per heavy atom. The maximum atomic E-state index is 13.1. The molecule has 178 valence electrons. The van der Waals surface area contributed by atoms with E-state index in [4.69, 9.17) is 4.74 Å². The monoisotopic (exact) mass is 451 g/mol. The summed E-state index contributed by atoms with van der Waals surface area (Å²) in [6.45, 7) is 11.6. The van der Waals surface area contributed by atoms with E-state index in [1.807, 2.05) is 50.8 Å². The van der Waals surface area contributed by atoms with E-state index in [2.05, 4.69) is 29.4 Å². The minimum absolute atomic E-state index is 0.0290. The van der Waals surface area contributed by atoms with Crippen LogP contribution in [-0.4, -0.2) is 61.4 Å². The van der Waals surface area contributed by atoms with E-state index in [1.165, 1.54) is 5.56 Å². The lowest BCUT2D eigenvalue weighted by atomic mass is 9.86. The van der Waals surface area contributed by atoms with Gasteiger partial charge in [0.2, 0.25) is 5.91 Å². The predicted octanol–water partition coefficient (Wildman–Crippen LogP) is 4.51. The maximum absolute atomic E-state index is 13.1. The number of amides is 2. The first-order valence-corrected chi connectivity index (χ1v) is 11.8. The Morgan fingerprint density at radius 1 is 1.03 bits per heavy atom. The van der Waals surface area contributed by atoms with Gasteiger partial charge in [-0.05, 0) is 63.1 Å². The number of hydrogen-bond donors (Lipinski definition) is 1. The lowest BCUT2D eigenvalue weighted by Crippen LogP contribution is -2.47. The zero-order valence-corrected chi connectivity index (χ0v) is 20.6. The number of nitrogens with zero attached hydrogens (tertiary/aromatic N) is 2. The van der Waals surface area contributed by atoms with Crippen LogP contribution in [0.1, 0.15) is 48.2 Å². The summed E-state index contributed by atoms with van der Waals surface area (Å²) in [5.41, 5.74) is 2.81. The second kappa shape index (κ2) is 10.8. The molecule has 1 saturated heterocycles. The number of para-hydroxylation sites is 1. The molecule has 0 radical (unpaired) electrons. The van der Waals surface area contributed by atoms with Crippen LogP contribution in [-0.2, 0) is 4.79 Å². The molecule has 2 aromatic carbocycles. The van der Waals surface area contributed by atoms with Crippen LogP contribution in [0.3, 0.4) is 0 Å². The van der Waals surface area contributed by atoms with Gasteiger partial charge in [-0.1, -0.05) is 38.1 Å². The van der Waals surface area contributed by atoms with Gasteiger partial charge in [0.25, 0.3) is 5.91 Å². The van der Waals surface area contributed by atoms with Crippen LogP contribution in [0.25, 0.3) is 0 Å². The molecule has 1 N–H and O–H groups in total. The number of carbonyl (C=O) groups excluding carboxylic acids is 2. The summed E-state index contributed by atoms with van der Waals surface area (Å²) in [5, 5.41) is 3.02. The van der Waals surface area contributed by atoms with Crippen molar-refractivity contribution in [2.75, 3.05) is 45.2 Å². The molecule has 1 heterocycles. The molecule has 0 unspecified atom stereocenters. The third-order valence-corrected chi connectivity index (χ3v) is 6.36. The van der Waals surface area contributed by atoms with Gasteiger partial charge in [0.05, 0.1) is 17.9 Å². The van der Waals surface area contributed by atoms with Crippen LogP contribution < -0.4 is 10.1 Å². The van der Waals surface area contributed by atoms with E-state index in [9.17, 15) is 9.59 Å². The highest BCUT2D eigenvalue weighted by Crippen LogP contribution is 2.27. The smallest absolute Gasteiger partial charge is 0.256 e. The molecule has 6 heteroatoms. The number of aryl methyl sites for hydroxylation is 2. The average molecular weight is 452 g/mol. The highest BCUT2D eigenvalue weighted by atomic mass is 16.5. The fourth-order valence-corrected chi connectivity index (χ4v) is 3.92. The van der Waals surface area contributed by atoms with E-state index in [0.717, 1.165) is 30.8 Å². The summed E-state index contributed by atoms with van der Waals surface area (Å²) in [4.78, 5) is 30.3. The fourth-order valence-electron chi connectivity index (χ4n) is 3.92. The number of anilines is 1. The Bertz CT molecular complexity index is 978. The highest BCUT2D eigenvalue weighted by Gasteiger charge is 2.29. The second-order valence-corrected chi connectivity index (χ2v) is 9.70. The summed E-state index contributed by atoms with van der Waals surface area (Å²) < 4.78 is 5.95. The van der Waals surface area contributed by atoms with Gasteiger partial charge >= 0.3 is 0 Å². The zero-order valence-electron chi connectivity index (χ0n) is 20.6. The third-order valence-electron chi connectivity index (χ3n) is 6.36. The Hall–Kier alpha value is -2.86. The standard InChI is InChI=1S/C27H37N3O3/c1-20-11-12-21(2)24(19-20)33-18-8-13-27(3,4)26(32)28-23-10-7-6-9-22(23)25(31)30-16-14-29(5)15-17-30/h6-7,9-12,19H,8,13-18H2,1-5H3,(H,28,32). The molecule has 0 aliphatic carbocycles. The number of carbonyl (C=O) groups is 2. The Labute approximate surface area is 197 Å². The molecule has 6 nitrogen and oxygen atoms in total. The molecular weight excluding hydrogens is 414 g/mol. The Balaban J connectivity index is 1.57. The minimum Gasteiger partial charge on any atom is -0.493 e. The lowest BCUT2D eigenvalue weighted by molar-refractivity contribution is -0.124. The Morgan fingerprint density at radius 2 is 1.73 bits per heavy atom. The number of nitrogens with one attached hydrogen (secondary N) is 1. The van der Waals surface area contributed by atoms with Crippen molar-refractivity contribution in [2.24, 2.45) is 5.41 Å². The van der Waals surface area contributed by atoms with E-state index in [0.29, 0.717) is 37.4 Å². The van der Waals surface area contributed by atoms with Crippen molar-refractivity contribution in [1.29, 1.82) is 0 Å². The molecule has 2 amide bonds. The summed E-state index contributed by atoms with van der Waals surface area (Å²) in [7, 11) is 2.06. The van der Waals surface area contributed by atoms with Crippen molar-refractivity contribution in [3.8, 4) is 5.75 Å². The molecule has 0 saturated carbocycles. The molecule has 33 heavy (non-hydrogen) atoms. The molecule has 3 rings (SSSR count). The molecule has 1 aliphatic heterocycles. The number of ether oxygens (including phenoxy) is 1. The molecule has 1 fully saturated rings. The van der Waals surface area contributed by atoms with Crippen LogP contribution in [0.5, 0.6) is 5.75 Å².